The third kappa shape index (κ3) is 4.39. The van der Waals surface area contributed by atoms with Crippen LogP contribution in [0.15, 0.2) is 79.1 Å². The Labute approximate surface area is 191 Å². The quantitative estimate of drug-likeness (QED) is 0.464. The van der Waals surface area contributed by atoms with Crippen LogP contribution in [0.4, 0.5) is 0 Å². The van der Waals surface area contributed by atoms with Gasteiger partial charge in [-0.2, -0.15) is 0 Å². The Morgan fingerprint density at radius 3 is 2.55 bits per heavy atom. The molecule has 0 saturated heterocycles. The lowest BCUT2D eigenvalue weighted by molar-refractivity contribution is -0.122. The molecule has 5 rings (SSSR count). The Hall–Kier alpha value is -4.26. The molecule has 1 amide bonds. The zero-order valence-corrected chi connectivity index (χ0v) is 18.1. The maximum atomic E-state index is 13.4. The Kier molecular flexibility index (Phi) is 6.31. The maximum Gasteiger partial charge on any atom is 0.290 e. The number of pyridine rings is 2. The van der Waals surface area contributed by atoms with Crippen LogP contribution in [0.1, 0.15) is 33.7 Å². The largest absolute Gasteiger partial charge is 0.491 e. The van der Waals surface area contributed by atoms with Crippen LogP contribution >= 0.6 is 0 Å². The van der Waals surface area contributed by atoms with E-state index in [2.05, 4.69) is 27.4 Å². The van der Waals surface area contributed by atoms with Crippen LogP contribution in [0.2, 0.25) is 0 Å². The second kappa shape index (κ2) is 9.48. The van der Waals surface area contributed by atoms with Crippen molar-refractivity contribution in [3.63, 3.8) is 0 Å². The molecule has 1 atom stereocenters. The number of nitrogens with zero attached hydrogens (tertiary/aromatic N) is 2. The molecule has 7 heteroatoms. The maximum absolute atomic E-state index is 13.4. The summed E-state index contributed by atoms with van der Waals surface area (Å²) in [6.45, 7) is 2.28. The first-order chi connectivity index (χ1) is 16.1. The topological polar surface area (TPSA) is 101 Å². The molecule has 0 unspecified atom stereocenters. The number of aryl methyl sites for hydroxylation is 1. The van der Waals surface area contributed by atoms with Crippen LogP contribution in [-0.4, -0.2) is 34.1 Å². The molecular formula is C26H23N3O4. The van der Waals surface area contributed by atoms with Crippen molar-refractivity contribution < 1.29 is 19.4 Å². The van der Waals surface area contributed by atoms with Crippen LogP contribution in [0.25, 0.3) is 10.8 Å². The molecule has 0 fully saturated rings. The molecule has 4 aromatic rings. The molecule has 0 bridgehead atoms. The van der Waals surface area contributed by atoms with Gasteiger partial charge >= 0.3 is 0 Å². The minimum atomic E-state index is -0.785. The Morgan fingerprint density at radius 1 is 1.06 bits per heavy atom. The molecule has 2 aromatic carbocycles. The summed E-state index contributed by atoms with van der Waals surface area (Å²) in [5, 5.41) is 12.1. The summed E-state index contributed by atoms with van der Waals surface area (Å²) < 4.78 is 5.84. The predicted octanol–water partition coefficient (Wildman–Crippen LogP) is 4.10. The van der Waals surface area contributed by atoms with E-state index in [9.17, 15) is 4.79 Å². The van der Waals surface area contributed by atoms with Gasteiger partial charge < -0.3 is 15.2 Å². The molecule has 0 saturated carbocycles. The van der Waals surface area contributed by atoms with Crippen molar-refractivity contribution in [3.8, 4) is 5.75 Å². The second-order valence-corrected chi connectivity index (χ2v) is 7.70. The fourth-order valence-corrected chi connectivity index (χ4v) is 4.04. The first kappa shape index (κ1) is 22.0. The molecule has 1 aliphatic rings. The van der Waals surface area contributed by atoms with Crippen LogP contribution in [0.3, 0.4) is 0 Å². The number of ether oxygens (including phenoxy) is 1. The SMILES string of the molecule is Cc1ccc([C@@]2(NC(=O)c3cc4ccccc4cn3)CCOc3cccnc32)cc1.O=CO. The zero-order chi connectivity index (χ0) is 23.3. The number of aromatic nitrogens is 2. The summed E-state index contributed by atoms with van der Waals surface area (Å²) >= 11 is 0. The average Bonchev–Trinajstić information content (AvgIpc) is 2.85. The van der Waals surface area contributed by atoms with Crippen LogP contribution in [-0.2, 0) is 10.3 Å². The number of carboxylic acid groups (broad SMARTS) is 1. The number of amides is 1. The van der Waals surface area contributed by atoms with E-state index in [1.54, 1.807) is 12.4 Å². The summed E-state index contributed by atoms with van der Waals surface area (Å²) in [4.78, 5) is 30.7. The van der Waals surface area contributed by atoms with Crippen molar-refractivity contribution in [2.24, 2.45) is 0 Å². The monoisotopic (exact) mass is 441 g/mol. The summed E-state index contributed by atoms with van der Waals surface area (Å²) in [5.74, 6) is 0.455. The smallest absolute Gasteiger partial charge is 0.290 e. The number of hydrogen-bond donors (Lipinski definition) is 2. The Bertz CT molecular complexity index is 1290. The lowest BCUT2D eigenvalue weighted by Crippen LogP contribution is -2.50. The minimum Gasteiger partial charge on any atom is -0.491 e. The lowest BCUT2D eigenvalue weighted by Gasteiger charge is -2.39. The lowest BCUT2D eigenvalue weighted by atomic mass is 9.81. The highest BCUT2D eigenvalue weighted by Crippen LogP contribution is 2.40. The fourth-order valence-electron chi connectivity index (χ4n) is 4.04. The molecular weight excluding hydrogens is 418 g/mol. The molecule has 2 N–H and O–H groups in total. The third-order valence-electron chi connectivity index (χ3n) is 5.64. The van der Waals surface area contributed by atoms with E-state index in [-0.39, 0.29) is 12.4 Å². The van der Waals surface area contributed by atoms with Crippen LogP contribution in [0.5, 0.6) is 5.75 Å². The van der Waals surface area contributed by atoms with Gasteiger partial charge in [-0.3, -0.25) is 19.6 Å². The van der Waals surface area contributed by atoms with Gasteiger partial charge in [0.25, 0.3) is 12.4 Å². The third-order valence-corrected chi connectivity index (χ3v) is 5.64. The Balaban J connectivity index is 0.000000821. The highest BCUT2D eigenvalue weighted by molar-refractivity contribution is 5.97. The number of benzene rings is 2. The fraction of sp³-hybridized carbons (Fsp3) is 0.154. The van der Waals surface area contributed by atoms with Gasteiger partial charge in [0.15, 0.2) is 0 Å². The van der Waals surface area contributed by atoms with E-state index in [1.807, 2.05) is 61.5 Å². The van der Waals surface area contributed by atoms with Gasteiger partial charge in [-0.05, 0) is 36.1 Å². The summed E-state index contributed by atoms with van der Waals surface area (Å²) in [7, 11) is 0. The van der Waals surface area contributed by atoms with E-state index in [0.29, 0.717) is 30.2 Å². The Morgan fingerprint density at radius 2 is 1.79 bits per heavy atom. The zero-order valence-electron chi connectivity index (χ0n) is 18.1. The molecule has 3 heterocycles. The van der Waals surface area contributed by atoms with Gasteiger partial charge in [0.2, 0.25) is 0 Å². The van der Waals surface area contributed by atoms with Crippen molar-refractivity contribution in [3.05, 3.63) is 102 Å². The van der Waals surface area contributed by atoms with Crippen LogP contribution < -0.4 is 10.1 Å². The second-order valence-electron chi connectivity index (χ2n) is 7.70. The molecule has 1 aliphatic heterocycles. The van der Waals surface area contributed by atoms with E-state index in [1.165, 1.54) is 0 Å². The number of carbonyl (C=O) groups is 2. The normalized spacial score (nSPS) is 16.5. The summed E-state index contributed by atoms with van der Waals surface area (Å²) in [6.07, 6.45) is 4.05. The summed E-state index contributed by atoms with van der Waals surface area (Å²) in [6, 6.07) is 21.6. The van der Waals surface area contributed by atoms with E-state index in [0.717, 1.165) is 21.9 Å². The van der Waals surface area contributed by atoms with Gasteiger partial charge in [0, 0.05) is 24.2 Å². The highest BCUT2D eigenvalue weighted by Gasteiger charge is 2.42. The first-order valence-electron chi connectivity index (χ1n) is 10.5. The number of hydrogen-bond acceptors (Lipinski definition) is 5. The summed E-state index contributed by atoms with van der Waals surface area (Å²) in [5.41, 5.74) is 2.45. The van der Waals surface area contributed by atoms with E-state index >= 15 is 0 Å². The predicted molar refractivity (Wildman–Crippen MR) is 124 cm³/mol. The van der Waals surface area contributed by atoms with Crippen molar-refractivity contribution in [2.45, 2.75) is 18.9 Å². The molecule has 2 aromatic heterocycles. The number of fused-ring (bicyclic) bond motifs is 2. The average molecular weight is 441 g/mol. The van der Waals surface area contributed by atoms with Gasteiger partial charge in [0.1, 0.15) is 22.7 Å². The highest BCUT2D eigenvalue weighted by atomic mass is 16.5. The number of nitrogens with one attached hydrogen (secondary N) is 1. The molecule has 33 heavy (non-hydrogen) atoms. The van der Waals surface area contributed by atoms with Gasteiger partial charge in [-0.25, -0.2) is 0 Å². The van der Waals surface area contributed by atoms with Crippen LogP contribution in [0, 0.1) is 6.92 Å². The minimum absolute atomic E-state index is 0.236. The first-order valence-corrected chi connectivity index (χ1v) is 10.5. The van der Waals surface area contributed by atoms with Crippen molar-refractivity contribution in [1.82, 2.24) is 15.3 Å². The van der Waals surface area contributed by atoms with E-state index < -0.39 is 5.54 Å². The van der Waals surface area contributed by atoms with Gasteiger partial charge in [-0.15, -0.1) is 0 Å². The standard InChI is InChI=1S/C25H21N3O2.CH2O2/c1-17-8-10-20(11-9-17)25(12-14-30-22-7-4-13-26-23(22)25)28-24(29)21-15-18-5-2-3-6-19(18)16-27-21;2-1-3/h2-11,13,15-16H,12,14H2,1H3,(H,28,29);1H,(H,2,3)/t25-;/m0./s1. The molecule has 7 nitrogen and oxygen atoms in total. The van der Waals surface area contributed by atoms with Gasteiger partial charge in [0.05, 0.1) is 6.61 Å². The molecule has 0 spiro atoms. The molecule has 0 radical (unpaired) electrons. The molecule has 166 valence electrons. The van der Waals surface area contributed by atoms with Gasteiger partial charge in [-0.1, -0.05) is 54.1 Å². The van der Waals surface area contributed by atoms with Crippen molar-refractivity contribution in [1.29, 1.82) is 0 Å². The number of rotatable bonds is 3. The van der Waals surface area contributed by atoms with Crippen molar-refractivity contribution in [2.75, 3.05) is 6.61 Å². The van der Waals surface area contributed by atoms with E-state index in [4.69, 9.17) is 14.6 Å². The molecule has 0 aliphatic carbocycles. The number of carbonyl (C=O) groups excluding carboxylic acids is 1. The van der Waals surface area contributed by atoms with Crippen molar-refractivity contribution >= 4 is 23.2 Å².